The fourth-order valence-corrected chi connectivity index (χ4v) is 4.69. The Morgan fingerprint density at radius 2 is 1.73 bits per heavy atom. The minimum absolute atomic E-state index is 0.148. The third-order valence-electron chi connectivity index (χ3n) is 6.43. The molecule has 2 aromatic heterocycles. The maximum Gasteiger partial charge on any atom is 0.264 e. The Morgan fingerprint density at radius 1 is 1.00 bits per heavy atom. The summed E-state index contributed by atoms with van der Waals surface area (Å²) in [5, 5.41) is 7.67. The van der Waals surface area contributed by atoms with Crippen LogP contribution in [0.1, 0.15) is 22.6 Å². The minimum atomic E-state index is -0.497. The van der Waals surface area contributed by atoms with Gasteiger partial charge in [0.1, 0.15) is 29.0 Å². The summed E-state index contributed by atoms with van der Waals surface area (Å²) in [6.45, 7) is 0.836. The highest BCUT2D eigenvalue weighted by atomic mass is 19.1. The molecule has 8 nitrogen and oxygen atoms in total. The van der Waals surface area contributed by atoms with Crippen molar-refractivity contribution >= 4 is 16.9 Å². The van der Waals surface area contributed by atoms with Crippen LogP contribution >= 0.6 is 0 Å². The Morgan fingerprint density at radius 3 is 2.46 bits per heavy atom. The van der Waals surface area contributed by atoms with Crippen molar-refractivity contribution in [2.45, 2.75) is 19.0 Å². The molecular weight excluding hydrogens is 473 g/mol. The van der Waals surface area contributed by atoms with Crippen LogP contribution in [0.15, 0.2) is 90.1 Å². The molecule has 3 heterocycles. The predicted octanol–water partition coefficient (Wildman–Crippen LogP) is 3.83. The molecule has 0 fully saturated rings. The number of nitrogens with zero attached hydrogens (tertiary/aromatic N) is 4. The number of hydrogen-bond donors (Lipinski definition) is 1. The number of carbonyl (C=O) groups is 1. The fraction of sp³-hybridized carbons (Fsp3) is 0.143. The second kappa shape index (κ2) is 9.34. The van der Waals surface area contributed by atoms with E-state index in [0.29, 0.717) is 41.2 Å². The molecule has 6 rings (SSSR count). The van der Waals surface area contributed by atoms with Gasteiger partial charge < -0.3 is 10.1 Å². The monoisotopic (exact) mass is 495 g/mol. The number of para-hydroxylation sites is 2. The molecule has 3 aromatic carbocycles. The predicted molar refractivity (Wildman–Crippen MR) is 135 cm³/mol. The van der Waals surface area contributed by atoms with Crippen molar-refractivity contribution in [3.63, 3.8) is 0 Å². The van der Waals surface area contributed by atoms with Gasteiger partial charge in [-0.25, -0.2) is 14.1 Å². The van der Waals surface area contributed by atoms with Crippen LogP contribution in [0, 0.1) is 5.82 Å². The lowest BCUT2D eigenvalue weighted by Gasteiger charge is -2.27. The van der Waals surface area contributed by atoms with Gasteiger partial charge in [0.05, 0.1) is 25.2 Å². The summed E-state index contributed by atoms with van der Waals surface area (Å²) in [5.41, 5.74) is 2.44. The average molecular weight is 496 g/mol. The lowest BCUT2D eigenvalue weighted by molar-refractivity contribution is -0.121. The van der Waals surface area contributed by atoms with Crippen LogP contribution in [-0.2, 0) is 17.9 Å². The maximum absolute atomic E-state index is 13.5. The van der Waals surface area contributed by atoms with E-state index in [2.05, 4.69) is 15.4 Å². The fourth-order valence-electron chi connectivity index (χ4n) is 4.69. The van der Waals surface area contributed by atoms with E-state index in [4.69, 9.17) is 4.74 Å². The number of nitrogens with one attached hydrogen (secondary N) is 1. The molecule has 0 bridgehead atoms. The highest BCUT2D eigenvalue weighted by Crippen LogP contribution is 2.43. The van der Waals surface area contributed by atoms with E-state index >= 15 is 0 Å². The van der Waals surface area contributed by atoms with E-state index in [1.54, 1.807) is 16.8 Å². The van der Waals surface area contributed by atoms with Crippen LogP contribution in [0.25, 0.3) is 11.0 Å². The number of aromatic nitrogens is 4. The topological polar surface area (TPSA) is 91.0 Å². The lowest BCUT2D eigenvalue weighted by atomic mass is 9.87. The van der Waals surface area contributed by atoms with Crippen molar-refractivity contribution in [3.8, 4) is 11.5 Å². The number of benzene rings is 3. The van der Waals surface area contributed by atoms with Crippen molar-refractivity contribution in [2.24, 2.45) is 0 Å². The zero-order valence-corrected chi connectivity index (χ0v) is 19.7. The summed E-state index contributed by atoms with van der Waals surface area (Å²) in [6, 6.07) is 21.1. The van der Waals surface area contributed by atoms with Crippen molar-refractivity contribution < 1.29 is 13.9 Å². The van der Waals surface area contributed by atoms with Gasteiger partial charge >= 0.3 is 0 Å². The summed E-state index contributed by atoms with van der Waals surface area (Å²) in [4.78, 5) is 30.7. The van der Waals surface area contributed by atoms with E-state index in [1.807, 2.05) is 48.5 Å². The Kier molecular flexibility index (Phi) is 5.72. The van der Waals surface area contributed by atoms with Crippen LogP contribution in [0.2, 0.25) is 0 Å². The molecule has 184 valence electrons. The van der Waals surface area contributed by atoms with Gasteiger partial charge in [0.15, 0.2) is 5.65 Å². The molecule has 1 N–H and O–H groups in total. The van der Waals surface area contributed by atoms with Gasteiger partial charge in [-0.05, 0) is 29.8 Å². The standard InChI is InChI=1S/C28H22FN5O3/c29-19-7-5-6-18(14-19)16-33-17-31-26-22(28(33)36)15-32-34(26)13-12-30-27(35)25-20-8-1-3-10-23(20)37-24-11-4-2-9-21(24)25/h1-11,14-15,17,25H,12-13,16H2,(H,30,35). The first-order valence-corrected chi connectivity index (χ1v) is 11.9. The maximum atomic E-state index is 13.5. The first kappa shape index (κ1) is 22.7. The molecular formula is C28H22FN5O3. The molecule has 9 heteroatoms. The van der Waals surface area contributed by atoms with E-state index in [9.17, 15) is 14.0 Å². The Balaban J connectivity index is 1.18. The highest BCUT2D eigenvalue weighted by Gasteiger charge is 2.32. The summed E-state index contributed by atoms with van der Waals surface area (Å²) < 4.78 is 22.5. The number of fused-ring (bicyclic) bond motifs is 3. The molecule has 1 amide bonds. The molecule has 0 atom stereocenters. The van der Waals surface area contributed by atoms with Crippen molar-refractivity contribution in [3.05, 3.63) is 118 Å². The van der Waals surface area contributed by atoms with Gasteiger partial charge in [-0.3, -0.25) is 14.2 Å². The number of halogens is 1. The SMILES string of the molecule is O=C(NCCn1ncc2c(=O)n(Cc3cccc(F)c3)cnc21)C1c2ccccc2Oc2ccccc21. The number of rotatable bonds is 6. The van der Waals surface area contributed by atoms with Gasteiger partial charge in [0.2, 0.25) is 5.91 Å². The molecule has 1 aliphatic heterocycles. The van der Waals surface area contributed by atoms with Gasteiger partial charge in [-0.2, -0.15) is 5.10 Å². The summed E-state index contributed by atoms with van der Waals surface area (Å²) in [6.07, 6.45) is 2.90. The summed E-state index contributed by atoms with van der Waals surface area (Å²) in [5.74, 6) is 0.326. The highest BCUT2D eigenvalue weighted by molar-refractivity contribution is 5.89. The van der Waals surface area contributed by atoms with Crippen molar-refractivity contribution in [2.75, 3.05) is 6.54 Å². The first-order valence-electron chi connectivity index (χ1n) is 11.9. The second-order valence-corrected chi connectivity index (χ2v) is 8.81. The number of hydrogen-bond acceptors (Lipinski definition) is 5. The lowest BCUT2D eigenvalue weighted by Crippen LogP contribution is -2.34. The Labute approximate surface area is 211 Å². The zero-order chi connectivity index (χ0) is 25.4. The quantitative estimate of drug-likeness (QED) is 0.387. The van der Waals surface area contributed by atoms with Crippen LogP contribution in [0.3, 0.4) is 0 Å². The Hall–Kier alpha value is -4.79. The average Bonchev–Trinajstić information content (AvgIpc) is 3.32. The molecule has 1 aliphatic rings. The molecule has 0 saturated carbocycles. The minimum Gasteiger partial charge on any atom is -0.457 e. The number of ether oxygens (including phenoxy) is 1. The number of amides is 1. The Bertz CT molecular complexity index is 1650. The van der Waals surface area contributed by atoms with E-state index in [-0.39, 0.29) is 23.8 Å². The zero-order valence-electron chi connectivity index (χ0n) is 19.7. The third kappa shape index (κ3) is 4.24. The first-order chi connectivity index (χ1) is 18.1. The van der Waals surface area contributed by atoms with Crippen LogP contribution in [0.4, 0.5) is 4.39 Å². The van der Waals surface area contributed by atoms with Gasteiger partial charge in [0, 0.05) is 17.7 Å². The van der Waals surface area contributed by atoms with Gasteiger partial charge in [-0.15, -0.1) is 0 Å². The van der Waals surface area contributed by atoms with Crippen LogP contribution in [-0.4, -0.2) is 31.8 Å². The van der Waals surface area contributed by atoms with Crippen molar-refractivity contribution in [1.82, 2.24) is 24.6 Å². The normalized spacial score (nSPS) is 12.6. The third-order valence-corrected chi connectivity index (χ3v) is 6.43. The molecule has 0 radical (unpaired) electrons. The molecule has 0 unspecified atom stereocenters. The largest absolute Gasteiger partial charge is 0.457 e. The smallest absolute Gasteiger partial charge is 0.264 e. The van der Waals surface area contributed by atoms with Gasteiger partial charge in [0.25, 0.3) is 5.56 Å². The van der Waals surface area contributed by atoms with Crippen LogP contribution < -0.4 is 15.6 Å². The molecule has 37 heavy (non-hydrogen) atoms. The van der Waals surface area contributed by atoms with E-state index < -0.39 is 5.92 Å². The molecule has 0 spiro atoms. The summed E-state index contributed by atoms with van der Waals surface area (Å²) in [7, 11) is 0. The van der Waals surface area contributed by atoms with Gasteiger partial charge in [-0.1, -0.05) is 48.5 Å². The molecule has 0 aliphatic carbocycles. The summed E-state index contributed by atoms with van der Waals surface area (Å²) >= 11 is 0. The number of carbonyl (C=O) groups excluding carboxylic acids is 1. The van der Waals surface area contributed by atoms with Crippen molar-refractivity contribution in [1.29, 1.82) is 0 Å². The second-order valence-electron chi connectivity index (χ2n) is 8.81. The van der Waals surface area contributed by atoms with Crippen LogP contribution in [0.5, 0.6) is 11.5 Å². The van der Waals surface area contributed by atoms with E-state index in [0.717, 1.165) is 11.1 Å². The van der Waals surface area contributed by atoms with E-state index in [1.165, 1.54) is 29.2 Å². The molecule has 0 saturated heterocycles. The molecule has 5 aromatic rings.